The van der Waals surface area contributed by atoms with E-state index in [0.29, 0.717) is 5.69 Å². The minimum atomic E-state index is -0.817. The number of anilines is 2. The van der Waals surface area contributed by atoms with Gasteiger partial charge in [-0.3, -0.25) is 9.78 Å². The first-order chi connectivity index (χ1) is 9.11. The molecule has 0 saturated carbocycles. The third kappa shape index (κ3) is 2.85. The van der Waals surface area contributed by atoms with E-state index in [1.807, 2.05) is 0 Å². The van der Waals surface area contributed by atoms with Crippen LogP contribution in [0.25, 0.3) is 0 Å². The molecule has 0 aliphatic heterocycles. The zero-order valence-corrected chi connectivity index (χ0v) is 10.1. The molecule has 2 rings (SSSR count). The van der Waals surface area contributed by atoms with Crippen LogP contribution >= 0.6 is 0 Å². The third-order valence-electron chi connectivity index (χ3n) is 2.49. The Morgan fingerprint density at radius 1 is 1.16 bits per heavy atom. The number of nitrogens with one attached hydrogen (secondary N) is 2. The molecule has 1 amide bonds. The van der Waals surface area contributed by atoms with Crippen molar-refractivity contribution in [3.63, 3.8) is 0 Å². The number of carbonyl (C=O) groups is 1. The minimum Gasteiger partial charge on any atom is -0.383 e. The summed E-state index contributed by atoms with van der Waals surface area (Å²) in [6.45, 7) is 0. The van der Waals surface area contributed by atoms with Gasteiger partial charge in [-0.15, -0.1) is 0 Å². The summed E-state index contributed by atoms with van der Waals surface area (Å²) < 4.78 is 27.0. The summed E-state index contributed by atoms with van der Waals surface area (Å²) in [6.07, 6.45) is 3.00. The fraction of sp³-hybridized carbons (Fsp3) is 0.0769. The third-order valence-corrected chi connectivity index (χ3v) is 2.49. The Morgan fingerprint density at radius 2 is 1.74 bits per heavy atom. The largest absolute Gasteiger partial charge is 0.383 e. The Morgan fingerprint density at radius 3 is 2.26 bits per heavy atom. The number of hydrogen-bond donors (Lipinski definition) is 2. The van der Waals surface area contributed by atoms with Crippen molar-refractivity contribution in [3.05, 3.63) is 53.9 Å². The molecule has 0 aliphatic carbocycles. The number of amides is 1. The lowest BCUT2D eigenvalue weighted by Crippen LogP contribution is -2.13. The van der Waals surface area contributed by atoms with Gasteiger partial charge >= 0.3 is 0 Å². The maximum absolute atomic E-state index is 13.5. The second kappa shape index (κ2) is 5.43. The van der Waals surface area contributed by atoms with E-state index < -0.39 is 17.5 Å². The predicted octanol–water partition coefficient (Wildman–Crippen LogP) is 2.65. The highest BCUT2D eigenvalue weighted by Gasteiger charge is 2.14. The SMILES string of the molecule is CNc1c(F)cc(C(=O)Nc2ccncc2)cc1F. The van der Waals surface area contributed by atoms with Crippen LogP contribution in [0.4, 0.5) is 20.2 Å². The van der Waals surface area contributed by atoms with Gasteiger partial charge in [-0.2, -0.15) is 0 Å². The lowest BCUT2D eigenvalue weighted by Gasteiger charge is -2.08. The molecule has 0 bridgehead atoms. The monoisotopic (exact) mass is 263 g/mol. The standard InChI is InChI=1S/C13H11F2N3O/c1-16-12-10(14)6-8(7-11(12)15)13(19)18-9-2-4-17-5-3-9/h2-7,16H,1H3,(H,17,18,19). The normalized spacial score (nSPS) is 10.1. The number of carbonyl (C=O) groups excluding carboxylic acids is 1. The average molecular weight is 263 g/mol. The van der Waals surface area contributed by atoms with Gasteiger partial charge in [0.25, 0.3) is 5.91 Å². The lowest BCUT2D eigenvalue weighted by molar-refractivity contribution is 0.102. The van der Waals surface area contributed by atoms with Crippen LogP contribution in [0.15, 0.2) is 36.7 Å². The highest BCUT2D eigenvalue weighted by atomic mass is 19.1. The summed E-state index contributed by atoms with van der Waals surface area (Å²) in [5.41, 5.74) is 0.143. The first-order valence-electron chi connectivity index (χ1n) is 5.50. The van der Waals surface area contributed by atoms with Crippen molar-refractivity contribution in [1.82, 2.24) is 4.98 Å². The summed E-state index contributed by atoms with van der Waals surface area (Å²) in [7, 11) is 1.40. The van der Waals surface area contributed by atoms with Gasteiger partial charge in [0, 0.05) is 30.7 Å². The molecule has 4 nitrogen and oxygen atoms in total. The zero-order valence-electron chi connectivity index (χ0n) is 10.1. The van der Waals surface area contributed by atoms with E-state index in [2.05, 4.69) is 15.6 Å². The van der Waals surface area contributed by atoms with Crippen LogP contribution < -0.4 is 10.6 Å². The lowest BCUT2D eigenvalue weighted by atomic mass is 10.1. The van der Waals surface area contributed by atoms with Crippen molar-refractivity contribution in [2.75, 3.05) is 17.7 Å². The van der Waals surface area contributed by atoms with Crippen molar-refractivity contribution in [2.24, 2.45) is 0 Å². The number of rotatable bonds is 3. The van der Waals surface area contributed by atoms with Crippen LogP contribution in [0.2, 0.25) is 0 Å². The van der Waals surface area contributed by atoms with Crippen molar-refractivity contribution in [3.8, 4) is 0 Å². The molecule has 0 saturated heterocycles. The second-order valence-electron chi connectivity index (χ2n) is 3.75. The van der Waals surface area contributed by atoms with Gasteiger partial charge in [0.15, 0.2) is 0 Å². The molecule has 0 spiro atoms. The van der Waals surface area contributed by atoms with Crippen LogP contribution in [0.5, 0.6) is 0 Å². The van der Waals surface area contributed by atoms with Crippen molar-refractivity contribution in [1.29, 1.82) is 0 Å². The second-order valence-corrected chi connectivity index (χ2v) is 3.75. The van der Waals surface area contributed by atoms with E-state index in [4.69, 9.17) is 0 Å². The minimum absolute atomic E-state index is 0.0918. The smallest absolute Gasteiger partial charge is 0.255 e. The molecule has 0 fully saturated rings. The Hall–Kier alpha value is -2.50. The number of benzene rings is 1. The number of hydrogen-bond acceptors (Lipinski definition) is 3. The topological polar surface area (TPSA) is 54.0 Å². The molecule has 0 aliphatic rings. The number of pyridine rings is 1. The van der Waals surface area contributed by atoms with Crippen molar-refractivity contribution in [2.45, 2.75) is 0 Å². The number of nitrogens with zero attached hydrogens (tertiary/aromatic N) is 1. The van der Waals surface area contributed by atoms with Crippen LogP contribution in [0.1, 0.15) is 10.4 Å². The summed E-state index contributed by atoms with van der Waals surface area (Å²) in [5.74, 6) is -2.23. The number of aromatic nitrogens is 1. The molecule has 2 N–H and O–H groups in total. The van der Waals surface area contributed by atoms with E-state index in [0.717, 1.165) is 12.1 Å². The van der Waals surface area contributed by atoms with Crippen LogP contribution in [0, 0.1) is 11.6 Å². The first kappa shape index (κ1) is 12.9. The molecular formula is C13H11F2N3O. The predicted molar refractivity (Wildman–Crippen MR) is 68.1 cm³/mol. The molecule has 1 heterocycles. The van der Waals surface area contributed by atoms with Gasteiger partial charge in [0.2, 0.25) is 0 Å². The molecule has 0 radical (unpaired) electrons. The average Bonchev–Trinajstić information content (AvgIpc) is 2.39. The van der Waals surface area contributed by atoms with Gasteiger partial charge in [-0.05, 0) is 24.3 Å². The van der Waals surface area contributed by atoms with E-state index >= 15 is 0 Å². The Labute approximate surface area is 108 Å². The fourth-order valence-electron chi connectivity index (χ4n) is 1.58. The highest BCUT2D eigenvalue weighted by Crippen LogP contribution is 2.20. The van der Waals surface area contributed by atoms with E-state index in [1.54, 1.807) is 12.1 Å². The summed E-state index contributed by atoms with van der Waals surface area (Å²) in [6, 6.07) is 5.11. The van der Waals surface area contributed by atoms with Crippen LogP contribution in [-0.2, 0) is 0 Å². The highest BCUT2D eigenvalue weighted by molar-refractivity contribution is 6.04. The van der Waals surface area contributed by atoms with Crippen LogP contribution in [0.3, 0.4) is 0 Å². The molecule has 19 heavy (non-hydrogen) atoms. The molecular weight excluding hydrogens is 252 g/mol. The van der Waals surface area contributed by atoms with E-state index in [1.165, 1.54) is 19.4 Å². The maximum Gasteiger partial charge on any atom is 0.255 e. The quantitative estimate of drug-likeness (QED) is 0.895. The van der Waals surface area contributed by atoms with Gasteiger partial charge in [-0.25, -0.2) is 8.78 Å². The van der Waals surface area contributed by atoms with Gasteiger partial charge < -0.3 is 10.6 Å². The van der Waals surface area contributed by atoms with Crippen LogP contribution in [-0.4, -0.2) is 17.9 Å². The Bertz CT molecular complexity index is 579. The summed E-state index contributed by atoms with van der Waals surface area (Å²) in [5, 5.41) is 4.91. The van der Waals surface area contributed by atoms with Gasteiger partial charge in [0.1, 0.15) is 17.3 Å². The first-order valence-corrected chi connectivity index (χ1v) is 5.50. The molecule has 2 aromatic rings. The van der Waals surface area contributed by atoms with E-state index in [-0.39, 0.29) is 11.3 Å². The Kier molecular flexibility index (Phi) is 3.70. The van der Waals surface area contributed by atoms with Crippen molar-refractivity contribution >= 4 is 17.3 Å². The maximum atomic E-state index is 13.5. The number of halogens is 2. The fourth-order valence-corrected chi connectivity index (χ4v) is 1.58. The van der Waals surface area contributed by atoms with Gasteiger partial charge in [0.05, 0.1) is 0 Å². The summed E-state index contributed by atoms with van der Waals surface area (Å²) in [4.78, 5) is 15.6. The van der Waals surface area contributed by atoms with Crippen molar-refractivity contribution < 1.29 is 13.6 Å². The molecule has 1 aromatic heterocycles. The molecule has 1 aromatic carbocycles. The van der Waals surface area contributed by atoms with Gasteiger partial charge in [-0.1, -0.05) is 0 Å². The molecule has 98 valence electrons. The zero-order chi connectivity index (χ0) is 13.8. The van der Waals surface area contributed by atoms with E-state index in [9.17, 15) is 13.6 Å². The molecule has 0 atom stereocenters. The molecule has 6 heteroatoms. The Balaban J connectivity index is 2.25. The molecule has 0 unspecified atom stereocenters. The summed E-state index contributed by atoms with van der Waals surface area (Å²) >= 11 is 0.